The maximum absolute atomic E-state index is 12.9. The van der Waals surface area contributed by atoms with E-state index in [1.165, 1.54) is 0 Å². The summed E-state index contributed by atoms with van der Waals surface area (Å²) in [6.07, 6.45) is 1.81. The zero-order valence-corrected chi connectivity index (χ0v) is 15.8. The minimum Gasteiger partial charge on any atom is -0.449 e. The second-order valence-corrected chi connectivity index (χ2v) is 7.67. The summed E-state index contributed by atoms with van der Waals surface area (Å²) >= 11 is 0. The second-order valence-electron chi connectivity index (χ2n) is 7.67. The molecule has 0 bridgehead atoms. The van der Waals surface area contributed by atoms with Crippen LogP contribution in [0.2, 0.25) is 0 Å². The molecule has 1 aromatic heterocycles. The van der Waals surface area contributed by atoms with Gasteiger partial charge in [-0.05, 0) is 50.9 Å². The van der Waals surface area contributed by atoms with Crippen LogP contribution in [0.15, 0.2) is 48.5 Å². The molecule has 1 unspecified atom stereocenters. The smallest absolute Gasteiger partial charge is 0.418 e. The van der Waals surface area contributed by atoms with E-state index in [2.05, 4.69) is 17.0 Å². The van der Waals surface area contributed by atoms with Gasteiger partial charge < -0.3 is 15.4 Å². The predicted molar refractivity (Wildman–Crippen MR) is 109 cm³/mol. The van der Waals surface area contributed by atoms with E-state index in [0.29, 0.717) is 12.5 Å². The van der Waals surface area contributed by atoms with Crippen LogP contribution >= 0.6 is 0 Å². The Morgan fingerprint density at radius 1 is 1.07 bits per heavy atom. The maximum atomic E-state index is 12.9. The van der Waals surface area contributed by atoms with Gasteiger partial charge in [-0.25, -0.2) is 9.36 Å². The van der Waals surface area contributed by atoms with Crippen LogP contribution in [-0.2, 0) is 4.74 Å². The largest absolute Gasteiger partial charge is 0.449 e. The number of nitrogens with two attached hydrogens (primary N) is 1. The third-order valence-corrected chi connectivity index (χ3v) is 5.46. The van der Waals surface area contributed by atoms with Gasteiger partial charge >= 0.3 is 6.09 Å². The highest BCUT2D eigenvalue weighted by molar-refractivity contribution is 6.12. The second kappa shape index (κ2) is 7.71. The van der Waals surface area contributed by atoms with E-state index in [1.54, 1.807) is 4.57 Å². The Morgan fingerprint density at radius 2 is 1.63 bits per heavy atom. The summed E-state index contributed by atoms with van der Waals surface area (Å²) in [6, 6.07) is 16.2. The molecule has 5 heteroatoms. The van der Waals surface area contributed by atoms with E-state index in [9.17, 15) is 4.79 Å². The van der Waals surface area contributed by atoms with E-state index < -0.39 is 0 Å². The summed E-state index contributed by atoms with van der Waals surface area (Å²) in [5.74, 6) is 0.423. The highest BCUT2D eigenvalue weighted by atomic mass is 16.5. The number of carbonyl (C=O) groups excluding carboxylic acids is 1. The van der Waals surface area contributed by atoms with E-state index in [0.717, 1.165) is 54.3 Å². The first-order valence-electron chi connectivity index (χ1n) is 9.76. The third kappa shape index (κ3) is 3.70. The van der Waals surface area contributed by atoms with Crippen molar-refractivity contribution in [2.45, 2.75) is 25.8 Å². The molecule has 1 atom stereocenters. The molecule has 2 N–H and O–H groups in total. The van der Waals surface area contributed by atoms with E-state index >= 15 is 0 Å². The molecule has 1 aliphatic heterocycles. The monoisotopic (exact) mass is 365 g/mol. The number of ether oxygens (including phenoxy) is 1. The van der Waals surface area contributed by atoms with Gasteiger partial charge in [-0.2, -0.15) is 0 Å². The molecule has 0 spiro atoms. The molecule has 0 amide bonds. The van der Waals surface area contributed by atoms with Gasteiger partial charge in [0.15, 0.2) is 0 Å². The molecule has 2 aromatic carbocycles. The molecule has 142 valence electrons. The normalized spacial score (nSPS) is 17.4. The highest BCUT2D eigenvalue weighted by Crippen LogP contribution is 2.29. The average molecular weight is 365 g/mol. The van der Waals surface area contributed by atoms with Crippen molar-refractivity contribution in [2.24, 2.45) is 11.7 Å². The zero-order valence-electron chi connectivity index (χ0n) is 15.8. The molecular weight excluding hydrogens is 338 g/mol. The predicted octanol–water partition coefficient (Wildman–Crippen LogP) is 3.84. The number of likely N-dealkylation sites (tertiary alicyclic amines) is 1. The molecule has 0 radical (unpaired) electrons. The van der Waals surface area contributed by atoms with Crippen molar-refractivity contribution in [1.82, 2.24) is 9.47 Å². The fourth-order valence-electron chi connectivity index (χ4n) is 4.12. The first-order valence-corrected chi connectivity index (χ1v) is 9.76. The third-order valence-electron chi connectivity index (χ3n) is 5.46. The highest BCUT2D eigenvalue weighted by Gasteiger charge is 2.22. The molecular formula is C22H27N3O2. The molecule has 4 rings (SSSR count). The fraction of sp³-hybridized carbons (Fsp3) is 0.409. The van der Waals surface area contributed by atoms with Crippen LogP contribution in [0.25, 0.3) is 21.8 Å². The minimum atomic E-state index is -0.287. The maximum Gasteiger partial charge on any atom is 0.418 e. The number of para-hydroxylation sites is 2. The van der Waals surface area contributed by atoms with Crippen LogP contribution in [0.4, 0.5) is 4.79 Å². The topological polar surface area (TPSA) is 60.5 Å². The lowest BCUT2D eigenvalue weighted by molar-refractivity contribution is 0.0971. The summed E-state index contributed by atoms with van der Waals surface area (Å²) in [4.78, 5) is 15.3. The van der Waals surface area contributed by atoms with Crippen molar-refractivity contribution in [2.75, 3.05) is 26.2 Å². The van der Waals surface area contributed by atoms with Gasteiger partial charge in [-0.1, -0.05) is 36.4 Å². The van der Waals surface area contributed by atoms with Crippen molar-refractivity contribution in [1.29, 1.82) is 0 Å². The zero-order chi connectivity index (χ0) is 18.8. The van der Waals surface area contributed by atoms with Gasteiger partial charge in [0.1, 0.15) is 0 Å². The number of rotatable bonds is 4. The molecule has 3 aromatic rings. The summed E-state index contributed by atoms with van der Waals surface area (Å²) in [6.45, 7) is 5.51. The SMILES string of the molecule is CC(N)CN1CCC(COC(=O)n2c3ccccc3c3ccccc32)CC1. The van der Waals surface area contributed by atoms with Crippen LogP contribution in [-0.4, -0.2) is 47.8 Å². The Hall–Kier alpha value is -2.37. The Bertz CT molecular complexity index is 886. The van der Waals surface area contributed by atoms with Gasteiger partial charge in [0.25, 0.3) is 0 Å². The first-order chi connectivity index (χ1) is 13.1. The van der Waals surface area contributed by atoms with Crippen molar-refractivity contribution in [3.8, 4) is 0 Å². The van der Waals surface area contributed by atoms with Crippen LogP contribution in [0.1, 0.15) is 19.8 Å². The quantitative estimate of drug-likeness (QED) is 0.763. The Balaban J connectivity index is 1.46. The standard InChI is InChI=1S/C22H27N3O2/c1-16(23)14-24-12-10-17(11-13-24)15-27-22(26)25-20-8-4-2-6-18(20)19-7-3-5-9-21(19)25/h2-9,16-17H,10-15,23H2,1H3. The van der Waals surface area contributed by atoms with E-state index in [1.807, 2.05) is 43.3 Å². The van der Waals surface area contributed by atoms with Crippen LogP contribution in [0.5, 0.6) is 0 Å². The number of hydrogen-bond acceptors (Lipinski definition) is 4. The van der Waals surface area contributed by atoms with Crippen molar-refractivity contribution in [3.63, 3.8) is 0 Å². The van der Waals surface area contributed by atoms with Gasteiger partial charge in [0.2, 0.25) is 0 Å². The van der Waals surface area contributed by atoms with Gasteiger partial charge in [-0.15, -0.1) is 0 Å². The lowest BCUT2D eigenvalue weighted by atomic mass is 9.97. The molecule has 0 aliphatic carbocycles. The molecule has 27 heavy (non-hydrogen) atoms. The summed E-state index contributed by atoms with van der Waals surface area (Å²) < 4.78 is 7.44. The molecule has 5 nitrogen and oxygen atoms in total. The minimum absolute atomic E-state index is 0.203. The van der Waals surface area contributed by atoms with Crippen LogP contribution in [0.3, 0.4) is 0 Å². The molecule has 1 saturated heterocycles. The van der Waals surface area contributed by atoms with Gasteiger partial charge in [0, 0.05) is 23.4 Å². The van der Waals surface area contributed by atoms with Crippen LogP contribution < -0.4 is 5.73 Å². The molecule has 2 heterocycles. The van der Waals surface area contributed by atoms with E-state index in [-0.39, 0.29) is 12.1 Å². The number of hydrogen-bond donors (Lipinski definition) is 1. The van der Waals surface area contributed by atoms with Crippen LogP contribution in [0, 0.1) is 5.92 Å². The lowest BCUT2D eigenvalue weighted by Crippen LogP contribution is -2.41. The van der Waals surface area contributed by atoms with Crippen molar-refractivity contribution >= 4 is 27.9 Å². The van der Waals surface area contributed by atoms with Gasteiger partial charge in [-0.3, -0.25) is 0 Å². The summed E-state index contributed by atoms with van der Waals surface area (Å²) in [5.41, 5.74) is 7.68. The van der Waals surface area contributed by atoms with E-state index in [4.69, 9.17) is 10.5 Å². The fourth-order valence-corrected chi connectivity index (χ4v) is 4.12. The Kier molecular flexibility index (Phi) is 5.14. The molecule has 1 fully saturated rings. The number of fused-ring (bicyclic) bond motifs is 3. The Labute approximate surface area is 159 Å². The number of nitrogens with zero attached hydrogens (tertiary/aromatic N) is 2. The van der Waals surface area contributed by atoms with Crippen molar-refractivity contribution in [3.05, 3.63) is 48.5 Å². The number of piperidine rings is 1. The first kappa shape index (κ1) is 18.0. The molecule has 0 saturated carbocycles. The van der Waals surface area contributed by atoms with Gasteiger partial charge in [0.05, 0.1) is 17.6 Å². The lowest BCUT2D eigenvalue weighted by Gasteiger charge is -2.32. The number of carbonyl (C=O) groups is 1. The Morgan fingerprint density at radius 3 is 2.19 bits per heavy atom. The molecule has 1 aliphatic rings. The summed E-state index contributed by atoms with van der Waals surface area (Å²) in [5, 5.41) is 2.16. The van der Waals surface area contributed by atoms with Crippen molar-refractivity contribution < 1.29 is 9.53 Å². The number of aromatic nitrogens is 1. The average Bonchev–Trinajstić information content (AvgIpc) is 3.01. The summed E-state index contributed by atoms with van der Waals surface area (Å²) in [7, 11) is 0. The number of benzene rings is 2.